The van der Waals surface area contributed by atoms with Gasteiger partial charge in [0.05, 0.1) is 0 Å². The first kappa shape index (κ1) is 13.7. The van der Waals surface area contributed by atoms with Crippen LogP contribution in [0.3, 0.4) is 0 Å². The molecule has 3 rings (SSSR count). The van der Waals surface area contributed by atoms with Crippen molar-refractivity contribution in [3.05, 3.63) is 42.2 Å². The molecule has 0 unspecified atom stereocenters. The van der Waals surface area contributed by atoms with Crippen LogP contribution < -0.4 is 5.32 Å². The maximum atomic E-state index is 12.6. The Morgan fingerprint density at radius 2 is 2.05 bits per heavy atom. The third-order valence-corrected chi connectivity index (χ3v) is 3.96. The number of hydrogen-bond acceptors (Lipinski definition) is 4. The van der Waals surface area contributed by atoms with E-state index in [1.165, 1.54) is 23.9 Å². The van der Waals surface area contributed by atoms with E-state index in [4.69, 9.17) is 0 Å². The molecule has 1 aliphatic carbocycles. The highest BCUT2D eigenvalue weighted by molar-refractivity contribution is 5.80. The number of aromatic nitrogens is 4. The van der Waals surface area contributed by atoms with Gasteiger partial charge in [-0.2, -0.15) is 0 Å². The van der Waals surface area contributed by atoms with E-state index in [0.29, 0.717) is 12.5 Å². The van der Waals surface area contributed by atoms with E-state index in [2.05, 4.69) is 20.8 Å². The van der Waals surface area contributed by atoms with Gasteiger partial charge in [0.25, 0.3) is 0 Å². The average molecular weight is 285 g/mol. The molecule has 1 fully saturated rings. The van der Waals surface area contributed by atoms with Gasteiger partial charge < -0.3 is 5.32 Å². The molecule has 2 aromatic rings. The first-order valence-corrected chi connectivity index (χ1v) is 7.40. The number of benzene rings is 1. The summed E-state index contributed by atoms with van der Waals surface area (Å²) in [7, 11) is 0. The Morgan fingerprint density at radius 3 is 2.71 bits per heavy atom. The highest BCUT2D eigenvalue weighted by atomic mass is 16.2. The van der Waals surface area contributed by atoms with E-state index in [1.54, 1.807) is 0 Å². The lowest BCUT2D eigenvalue weighted by molar-refractivity contribution is -0.125. The normalized spacial score (nSPS) is 16.8. The fraction of sp³-hybridized carbons (Fsp3) is 0.467. The molecule has 1 heterocycles. The average Bonchev–Trinajstić information content (AvgIpc) is 3.19. The second-order valence-electron chi connectivity index (χ2n) is 5.49. The molecular formula is C15H19N5O. The molecule has 6 nitrogen and oxygen atoms in total. The van der Waals surface area contributed by atoms with Crippen LogP contribution in [0.1, 0.15) is 37.3 Å². The lowest BCUT2D eigenvalue weighted by atomic mass is 10.0. The Labute approximate surface area is 123 Å². The van der Waals surface area contributed by atoms with Crippen molar-refractivity contribution in [1.82, 2.24) is 25.5 Å². The number of carbonyl (C=O) groups excluding carboxylic acids is 1. The molecule has 21 heavy (non-hydrogen) atoms. The SMILES string of the molecule is O=C(NC1CCCC1)[C@H](Cc1ccccc1)n1cnnn1. The van der Waals surface area contributed by atoms with Gasteiger partial charge in [0, 0.05) is 12.5 Å². The largest absolute Gasteiger partial charge is 0.352 e. The molecule has 1 aromatic heterocycles. The molecule has 1 saturated carbocycles. The number of amides is 1. The molecule has 0 radical (unpaired) electrons. The van der Waals surface area contributed by atoms with Gasteiger partial charge in [-0.1, -0.05) is 43.2 Å². The van der Waals surface area contributed by atoms with Crippen molar-refractivity contribution >= 4 is 5.91 Å². The van der Waals surface area contributed by atoms with Crippen molar-refractivity contribution < 1.29 is 4.79 Å². The number of nitrogens with zero attached hydrogens (tertiary/aromatic N) is 4. The van der Waals surface area contributed by atoms with Crippen LogP contribution in [-0.4, -0.2) is 32.2 Å². The lowest BCUT2D eigenvalue weighted by Gasteiger charge is -2.19. The highest BCUT2D eigenvalue weighted by Gasteiger charge is 2.25. The Hall–Kier alpha value is -2.24. The van der Waals surface area contributed by atoms with Gasteiger partial charge in [0.15, 0.2) is 0 Å². The van der Waals surface area contributed by atoms with Crippen molar-refractivity contribution in [2.75, 3.05) is 0 Å². The third-order valence-electron chi connectivity index (χ3n) is 3.96. The number of rotatable bonds is 5. The van der Waals surface area contributed by atoms with Crippen molar-refractivity contribution in [3.8, 4) is 0 Å². The maximum absolute atomic E-state index is 12.6. The molecule has 1 amide bonds. The van der Waals surface area contributed by atoms with E-state index in [9.17, 15) is 4.79 Å². The molecule has 110 valence electrons. The first-order chi connectivity index (χ1) is 10.3. The smallest absolute Gasteiger partial charge is 0.245 e. The molecule has 1 aromatic carbocycles. The molecular weight excluding hydrogens is 266 g/mol. The van der Waals surface area contributed by atoms with Crippen LogP contribution in [-0.2, 0) is 11.2 Å². The van der Waals surface area contributed by atoms with Gasteiger partial charge in [-0.05, 0) is 28.8 Å². The summed E-state index contributed by atoms with van der Waals surface area (Å²) in [5.41, 5.74) is 1.10. The van der Waals surface area contributed by atoms with Crippen LogP contribution >= 0.6 is 0 Å². The Kier molecular flexibility index (Phi) is 4.23. The summed E-state index contributed by atoms with van der Waals surface area (Å²) in [6.07, 6.45) is 6.61. The second kappa shape index (κ2) is 6.47. The molecule has 1 N–H and O–H groups in total. The summed E-state index contributed by atoms with van der Waals surface area (Å²) >= 11 is 0. The van der Waals surface area contributed by atoms with Gasteiger partial charge in [-0.3, -0.25) is 4.79 Å². The minimum atomic E-state index is -0.400. The molecule has 0 spiro atoms. The zero-order chi connectivity index (χ0) is 14.5. The summed E-state index contributed by atoms with van der Waals surface area (Å²) in [6.45, 7) is 0. The summed E-state index contributed by atoms with van der Waals surface area (Å²) in [5, 5.41) is 14.3. The van der Waals surface area contributed by atoms with Crippen LogP contribution in [0.15, 0.2) is 36.7 Å². The fourth-order valence-corrected chi connectivity index (χ4v) is 2.82. The van der Waals surface area contributed by atoms with E-state index in [-0.39, 0.29) is 5.91 Å². The first-order valence-electron chi connectivity index (χ1n) is 7.40. The monoisotopic (exact) mass is 285 g/mol. The predicted molar refractivity (Wildman–Crippen MR) is 77.4 cm³/mol. The Bertz CT molecular complexity index is 563. The van der Waals surface area contributed by atoms with E-state index < -0.39 is 6.04 Å². The van der Waals surface area contributed by atoms with Crippen LogP contribution in [0.2, 0.25) is 0 Å². The number of tetrazole rings is 1. The molecule has 0 bridgehead atoms. The Balaban J connectivity index is 1.74. The molecule has 6 heteroatoms. The van der Waals surface area contributed by atoms with Crippen LogP contribution in [0, 0.1) is 0 Å². The number of nitrogens with one attached hydrogen (secondary N) is 1. The summed E-state index contributed by atoms with van der Waals surface area (Å²) < 4.78 is 1.54. The Morgan fingerprint density at radius 1 is 1.29 bits per heavy atom. The van der Waals surface area contributed by atoms with Crippen molar-refractivity contribution in [2.45, 2.75) is 44.2 Å². The van der Waals surface area contributed by atoms with Gasteiger partial charge in [0.1, 0.15) is 12.4 Å². The number of carbonyl (C=O) groups is 1. The van der Waals surface area contributed by atoms with Crippen molar-refractivity contribution in [3.63, 3.8) is 0 Å². The number of hydrogen-bond donors (Lipinski definition) is 1. The van der Waals surface area contributed by atoms with Crippen LogP contribution in [0.4, 0.5) is 0 Å². The lowest BCUT2D eigenvalue weighted by Crippen LogP contribution is -2.39. The standard InChI is InChI=1S/C15H19N5O/c21-15(17-13-8-4-5-9-13)14(20-11-16-18-19-20)10-12-6-2-1-3-7-12/h1-3,6-7,11,13-14H,4-5,8-10H2,(H,17,21)/t14-/m0/s1. The van der Waals surface area contributed by atoms with E-state index >= 15 is 0 Å². The summed E-state index contributed by atoms with van der Waals surface area (Å²) in [6, 6.07) is 9.84. The minimum absolute atomic E-state index is 0.00180. The highest BCUT2D eigenvalue weighted by Crippen LogP contribution is 2.20. The van der Waals surface area contributed by atoms with E-state index in [0.717, 1.165) is 18.4 Å². The van der Waals surface area contributed by atoms with Gasteiger partial charge in [-0.15, -0.1) is 5.10 Å². The molecule has 0 aliphatic heterocycles. The van der Waals surface area contributed by atoms with Crippen molar-refractivity contribution in [1.29, 1.82) is 0 Å². The van der Waals surface area contributed by atoms with Crippen LogP contribution in [0.25, 0.3) is 0 Å². The zero-order valence-corrected chi connectivity index (χ0v) is 11.9. The molecule has 1 aliphatic rings. The van der Waals surface area contributed by atoms with Gasteiger partial charge in [0.2, 0.25) is 5.91 Å². The maximum Gasteiger partial charge on any atom is 0.245 e. The quantitative estimate of drug-likeness (QED) is 0.904. The summed E-state index contributed by atoms with van der Waals surface area (Å²) in [5.74, 6) is -0.00180. The zero-order valence-electron chi connectivity index (χ0n) is 11.9. The van der Waals surface area contributed by atoms with Crippen LogP contribution in [0.5, 0.6) is 0 Å². The van der Waals surface area contributed by atoms with E-state index in [1.807, 2.05) is 30.3 Å². The fourth-order valence-electron chi connectivity index (χ4n) is 2.82. The molecule has 0 saturated heterocycles. The third kappa shape index (κ3) is 3.45. The minimum Gasteiger partial charge on any atom is -0.352 e. The summed E-state index contributed by atoms with van der Waals surface area (Å²) in [4.78, 5) is 12.6. The second-order valence-corrected chi connectivity index (χ2v) is 5.49. The van der Waals surface area contributed by atoms with Crippen molar-refractivity contribution in [2.24, 2.45) is 0 Å². The van der Waals surface area contributed by atoms with Gasteiger partial charge in [-0.25, -0.2) is 4.68 Å². The van der Waals surface area contributed by atoms with Gasteiger partial charge >= 0.3 is 0 Å². The topological polar surface area (TPSA) is 72.7 Å². The molecule has 1 atom stereocenters. The predicted octanol–water partition coefficient (Wildman–Crippen LogP) is 1.52.